The van der Waals surface area contributed by atoms with Gasteiger partial charge in [-0.25, -0.2) is 13.2 Å². The van der Waals surface area contributed by atoms with E-state index in [1.54, 1.807) is 24.3 Å². The summed E-state index contributed by atoms with van der Waals surface area (Å²) in [5.41, 5.74) is 2.05. The first-order valence-corrected chi connectivity index (χ1v) is 7.37. The molecule has 130 valence electrons. The molecule has 0 bridgehead atoms. The molecule has 0 amide bonds. The highest BCUT2D eigenvalue weighted by Crippen LogP contribution is 2.33. The van der Waals surface area contributed by atoms with Crippen LogP contribution in [0.1, 0.15) is 17.5 Å². The van der Waals surface area contributed by atoms with E-state index < -0.39 is 47.2 Å². The quantitative estimate of drug-likeness (QED) is 0.249. The van der Waals surface area contributed by atoms with Gasteiger partial charge in [0.25, 0.3) is 0 Å². The first-order valence-electron chi connectivity index (χ1n) is 6.99. The van der Waals surface area contributed by atoms with Gasteiger partial charge in [0.1, 0.15) is 0 Å². The molecule has 0 saturated heterocycles. The fourth-order valence-electron chi connectivity index (χ4n) is 2.52. The van der Waals surface area contributed by atoms with Gasteiger partial charge < -0.3 is 4.74 Å². The second kappa shape index (κ2) is 6.48. The van der Waals surface area contributed by atoms with Gasteiger partial charge in [0, 0.05) is 5.02 Å². The average molecular weight is 375 g/mol. The number of fused-ring (bicyclic) bond motifs is 1. The molecule has 0 saturated carbocycles. The number of allylic oxidation sites excluding steroid dienone is 1. The van der Waals surface area contributed by atoms with E-state index in [-0.39, 0.29) is 0 Å². The highest BCUT2D eigenvalue weighted by Gasteiger charge is 2.29. The van der Waals surface area contributed by atoms with Crippen LogP contribution >= 0.6 is 11.6 Å². The van der Waals surface area contributed by atoms with Crippen molar-refractivity contribution < 1.29 is 31.5 Å². The largest absolute Gasteiger partial charge is 0.420 e. The van der Waals surface area contributed by atoms with Crippen LogP contribution in [-0.4, -0.2) is 5.97 Å². The summed E-state index contributed by atoms with van der Waals surface area (Å²) in [7, 11) is 0. The maximum Gasteiger partial charge on any atom is 0.315 e. The van der Waals surface area contributed by atoms with E-state index in [4.69, 9.17) is 11.6 Å². The van der Waals surface area contributed by atoms with Gasteiger partial charge in [-0.1, -0.05) is 23.7 Å². The number of hydrogen-bond donors (Lipinski definition) is 0. The smallest absolute Gasteiger partial charge is 0.315 e. The van der Waals surface area contributed by atoms with Crippen LogP contribution in [0, 0.1) is 29.1 Å². The van der Waals surface area contributed by atoms with Gasteiger partial charge in [0.2, 0.25) is 34.8 Å². The molecule has 3 rings (SSSR count). The van der Waals surface area contributed by atoms with Crippen molar-refractivity contribution in [3.8, 4) is 5.75 Å². The molecule has 0 spiro atoms. The summed E-state index contributed by atoms with van der Waals surface area (Å²) in [5.74, 6) is -13.9. The van der Waals surface area contributed by atoms with E-state index >= 15 is 0 Å². The molecule has 25 heavy (non-hydrogen) atoms. The topological polar surface area (TPSA) is 26.3 Å². The predicted molar refractivity (Wildman–Crippen MR) is 79.6 cm³/mol. The minimum atomic E-state index is -2.32. The number of esters is 1. The van der Waals surface area contributed by atoms with Crippen LogP contribution in [0.15, 0.2) is 24.3 Å². The number of rotatable bonds is 3. The van der Waals surface area contributed by atoms with E-state index in [1.165, 1.54) is 0 Å². The molecular weight excluding hydrogens is 367 g/mol. The number of benzene rings is 2. The number of carbonyl (C=O) groups is 1. The van der Waals surface area contributed by atoms with Crippen molar-refractivity contribution >= 4 is 23.1 Å². The molecule has 2 aromatic rings. The monoisotopic (exact) mass is 374 g/mol. The van der Waals surface area contributed by atoms with E-state index in [2.05, 4.69) is 4.74 Å². The van der Waals surface area contributed by atoms with Crippen molar-refractivity contribution in [1.29, 1.82) is 0 Å². The lowest BCUT2D eigenvalue weighted by atomic mass is 10.0. The van der Waals surface area contributed by atoms with Crippen LogP contribution in [0.3, 0.4) is 0 Å². The molecule has 2 nitrogen and oxygen atoms in total. The Morgan fingerprint density at radius 3 is 2.24 bits per heavy atom. The minimum Gasteiger partial charge on any atom is -0.420 e. The van der Waals surface area contributed by atoms with Gasteiger partial charge >= 0.3 is 5.97 Å². The first-order chi connectivity index (χ1) is 11.8. The number of ether oxygens (including phenoxy) is 1. The van der Waals surface area contributed by atoms with Gasteiger partial charge in [-0.15, -0.1) is 0 Å². The standard InChI is InChI=1S/C17H8ClF5O2/c18-9-4-3-7-1-2-8(10(7)6-9)5-11(24)25-17-15(22)13(20)12(19)14(21)16(17)23/h2-4,6H,1,5H2. The number of halogens is 6. The second-order valence-corrected chi connectivity index (χ2v) is 5.72. The molecule has 1 aliphatic rings. The lowest BCUT2D eigenvalue weighted by Crippen LogP contribution is -2.13. The summed E-state index contributed by atoms with van der Waals surface area (Å²) in [4.78, 5) is 11.9. The van der Waals surface area contributed by atoms with Crippen molar-refractivity contribution in [3.05, 3.63) is 69.5 Å². The Hall–Kier alpha value is -2.41. The minimum absolute atomic E-state index is 0.410. The van der Waals surface area contributed by atoms with E-state index in [0.29, 0.717) is 22.6 Å². The maximum atomic E-state index is 13.5. The summed E-state index contributed by atoms with van der Waals surface area (Å²) in [6.07, 6.45) is 1.81. The van der Waals surface area contributed by atoms with Crippen LogP contribution < -0.4 is 4.74 Å². The lowest BCUT2D eigenvalue weighted by Gasteiger charge is -2.10. The van der Waals surface area contributed by atoms with Crippen molar-refractivity contribution in [1.82, 2.24) is 0 Å². The fraction of sp³-hybridized carbons (Fsp3) is 0.118. The highest BCUT2D eigenvalue weighted by atomic mass is 35.5. The zero-order chi connectivity index (χ0) is 18.3. The highest BCUT2D eigenvalue weighted by molar-refractivity contribution is 6.30. The van der Waals surface area contributed by atoms with Crippen LogP contribution in [0.25, 0.3) is 5.57 Å². The zero-order valence-electron chi connectivity index (χ0n) is 12.3. The Labute approximate surface area is 143 Å². The molecule has 0 fully saturated rings. The van der Waals surface area contributed by atoms with Crippen molar-refractivity contribution in [3.63, 3.8) is 0 Å². The predicted octanol–water partition coefficient (Wildman–Crippen LogP) is 4.97. The summed E-state index contributed by atoms with van der Waals surface area (Å²) in [6, 6.07) is 5.04. The van der Waals surface area contributed by atoms with Crippen LogP contribution in [0.2, 0.25) is 5.02 Å². The Morgan fingerprint density at radius 2 is 1.60 bits per heavy atom. The lowest BCUT2D eigenvalue weighted by molar-refractivity contribution is -0.133. The third-order valence-corrected chi connectivity index (χ3v) is 3.94. The summed E-state index contributed by atoms with van der Waals surface area (Å²) in [5, 5.41) is 0.430. The van der Waals surface area contributed by atoms with Gasteiger partial charge in [0.15, 0.2) is 0 Å². The fourth-order valence-corrected chi connectivity index (χ4v) is 2.69. The first kappa shape index (κ1) is 17.4. The molecule has 0 N–H and O–H groups in total. The number of carbonyl (C=O) groups excluding carboxylic acids is 1. The molecule has 8 heteroatoms. The normalized spacial score (nSPS) is 12.8. The van der Waals surface area contributed by atoms with Crippen molar-refractivity contribution in [2.24, 2.45) is 0 Å². The molecular formula is C17H8ClF5O2. The third-order valence-electron chi connectivity index (χ3n) is 3.71. The maximum absolute atomic E-state index is 13.5. The molecule has 2 aromatic carbocycles. The average Bonchev–Trinajstić information content (AvgIpc) is 2.97. The molecule has 0 unspecified atom stereocenters. The van der Waals surface area contributed by atoms with Crippen LogP contribution in [-0.2, 0) is 11.2 Å². The van der Waals surface area contributed by atoms with Gasteiger partial charge in [-0.05, 0) is 35.3 Å². The molecule has 0 heterocycles. The van der Waals surface area contributed by atoms with E-state index in [1.807, 2.05) is 0 Å². The molecule has 0 atom stereocenters. The Kier molecular flexibility index (Phi) is 4.51. The Bertz CT molecular complexity index is 895. The summed E-state index contributed by atoms with van der Waals surface area (Å²) >= 11 is 5.88. The van der Waals surface area contributed by atoms with Crippen LogP contribution in [0.5, 0.6) is 5.75 Å². The molecule has 0 aromatic heterocycles. The van der Waals surface area contributed by atoms with Crippen molar-refractivity contribution in [2.45, 2.75) is 12.8 Å². The molecule has 0 radical (unpaired) electrons. The van der Waals surface area contributed by atoms with Gasteiger partial charge in [0.05, 0.1) is 6.42 Å². The van der Waals surface area contributed by atoms with Crippen LogP contribution in [0.4, 0.5) is 22.0 Å². The van der Waals surface area contributed by atoms with E-state index in [0.717, 1.165) is 5.56 Å². The third kappa shape index (κ3) is 3.11. The molecule has 0 aliphatic heterocycles. The molecule has 1 aliphatic carbocycles. The van der Waals surface area contributed by atoms with Gasteiger partial charge in [-0.2, -0.15) is 8.78 Å². The summed E-state index contributed by atoms with van der Waals surface area (Å²) < 4.78 is 70.7. The Morgan fingerprint density at radius 1 is 1.00 bits per heavy atom. The number of hydrogen-bond acceptors (Lipinski definition) is 2. The van der Waals surface area contributed by atoms with Gasteiger partial charge in [-0.3, -0.25) is 4.79 Å². The zero-order valence-corrected chi connectivity index (χ0v) is 13.1. The second-order valence-electron chi connectivity index (χ2n) is 5.28. The summed E-state index contributed by atoms with van der Waals surface area (Å²) in [6.45, 7) is 0. The van der Waals surface area contributed by atoms with E-state index in [9.17, 15) is 26.7 Å². The van der Waals surface area contributed by atoms with Crippen molar-refractivity contribution in [2.75, 3.05) is 0 Å². The Balaban J connectivity index is 1.83. The SMILES string of the molecule is O=C(CC1=CCc2ccc(Cl)cc21)Oc1c(F)c(F)c(F)c(F)c1F.